The fourth-order valence-electron chi connectivity index (χ4n) is 0.871. The highest BCUT2D eigenvalue weighted by Gasteiger charge is 2.11. The fourth-order valence-corrected chi connectivity index (χ4v) is 2.43. The number of halogens is 1. The summed E-state index contributed by atoms with van der Waals surface area (Å²) in [7, 11) is -3.30. The predicted octanol–water partition coefficient (Wildman–Crippen LogP) is 2.41. The molecule has 0 aromatic heterocycles. The van der Waals surface area contributed by atoms with Crippen LogP contribution >= 0.6 is 14.8 Å². The minimum Gasteiger partial charge on any atom is -0.212 e. The van der Waals surface area contributed by atoms with Crippen molar-refractivity contribution in [3.8, 4) is 0 Å². The van der Waals surface area contributed by atoms with Gasteiger partial charge < -0.3 is 0 Å². The summed E-state index contributed by atoms with van der Waals surface area (Å²) in [6, 6.07) is 6.65. The zero-order valence-corrected chi connectivity index (χ0v) is 8.60. The lowest BCUT2D eigenvalue weighted by atomic mass is 10.2. The van der Waals surface area contributed by atoms with Gasteiger partial charge in [0, 0.05) is 0 Å². The summed E-state index contributed by atoms with van der Waals surface area (Å²) in [6.45, 7) is 3.52. The lowest BCUT2D eigenvalue weighted by Gasteiger charge is -1.99. The third-order valence-corrected chi connectivity index (χ3v) is 3.35. The van der Waals surface area contributed by atoms with Crippen LogP contribution in [-0.4, -0.2) is 8.42 Å². The van der Waals surface area contributed by atoms with Crippen LogP contribution in [0.1, 0.15) is 5.56 Å². The molecule has 0 amide bonds. The number of hydrogen-bond acceptors (Lipinski definition) is 2. The summed E-state index contributed by atoms with van der Waals surface area (Å²) < 4.78 is 22.2. The maximum Gasteiger partial charge on any atom is 0.238 e. The van der Waals surface area contributed by atoms with Crippen molar-refractivity contribution in [2.45, 2.75) is 4.90 Å². The Bertz CT molecular complexity index is 395. The molecule has 0 N–H and O–H groups in total. The van der Waals surface area contributed by atoms with E-state index in [1.165, 1.54) is 12.1 Å². The molecule has 0 atom stereocenters. The first-order valence-electron chi connectivity index (χ1n) is 3.22. The van der Waals surface area contributed by atoms with Crippen LogP contribution in [0.4, 0.5) is 0 Å². The Balaban J connectivity index is 3.43. The Morgan fingerprint density at radius 2 is 1.92 bits per heavy atom. The van der Waals surface area contributed by atoms with Gasteiger partial charge in [0.25, 0.3) is 0 Å². The van der Waals surface area contributed by atoms with E-state index in [2.05, 4.69) is 21.4 Å². The van der Waals surface area contributed by atoms with Crippen LogP contribution in [0.3, 0.4) is 0 Å². The topological polar surface area (TPSA) is 34.1 Å². The zero-order valence-electron chi connectivity index (χ0n) is 6.20. The van der Waals surface area contributed by atoms with Gasteiger partial charge >= 0.3 is 0 Å². The van der Waals surface area contributed by atoms with E-state index in [0.717, 1.165) is 0 Å². The molecule has 0 radical (unpaired) electrons. The van der Waals surface area contributed by atoms with Crippen molar-refractivity contribution in [2.75, 3.05) is 0 Å². The molecule has 12 heavy (non-hydrogen) atoms. The molecule has 0 aliphatic rings. The van der Waals surface area contributed by atoms with Gasteiger partial charge in [-0.2, -0.15) is 0 Å². The molecule has 1 aromatic carbocycles. The van der Waals surface area contributed by atoms with Crippen molar-refractivity contribution in [2.24, 2.45) is 0 Å². The van der Waals surface area contributed by atoms with E-state index in [1.807, 2.05) is 0 Å². The normalized spacial score (nSPS) is 11.1. The first-order valence-corrected chi connectivity index (χ1v) is 6.54. The molecule has 0 aliphatic carbocycles. The van der Waals surface area contributed by atoms with Crippen molar-refractivity contribution >= 4 is 29.2 Å². The van der Waals surface area contributed by atoms with Crippen molar-refractivity contribution < 1.29 is 8.42 Å². The highest BCUT2D eigenvalue weighted by molar-refractivity contribution is 9.47. The zero-order chi connectivity index (χ0) is 9.19. The number of benzene rings is 1. The molecular formula is C8H7BrO2S. The van der Waals surface area contributed by atoms with Crippen LogP contribution in [0.5, 0.6) is 0 Å². The van der Waals surface area contributed by atoms with Gasteiger partial charge in [0.2, 0.25) is 8.27 Å². The summed E-state index contributed by atoms with van der Waals surface area (Å²) in [5, 5.41) is 0. The molecule has 0 bridgehead atoms. The standard InChI is InChI=1S/C8H7BrO2S/c1-2-7-5-3-4-6-8(7)12(9,10)11/h2-6H,1H2. The second-order valence-corrected chi connectivity index (χ2v) is 6.05. The van der Waals surface area contributed by atoms with Crippen LogP contribution in [-0.2, 0) is 8.27 Å². The van der Waals surface area contributed by atoms with E-state index < -0.39 is 8.27 Å². The molecule has 64 valence electrons. The van der Waals surface area contributed by atoms with Crippen LogP contribution in [0, 0.1) is 0 Å². The Morgan fingerprint density at radius 1 is 1.33 bits per heavy atom. The van der Waals surface area contributed by atoms with E-state index in [9.17, 15) is 8.42 Å². The van der Waals surface area contributed by atoms with Crippen molar-refractivity contribution in [1.29, 1.82) is 0 Å². The van der Waals surface area contributed by atoms with Crippen LogP contribution < -0.4 is 0 Å². The first-order chi connectivity index (χ1) is 5.55. The average Bonchev–Trinajstić information content (AvgIpc) is 2.03. The van der Waals surface area contributed by atoms with Gasteiger partial charge in [0.05, 0.1) is 19.7 Å². The summed E-state index contributed by atoms with van der Waals surface area (Å²) in [6.07, 6.45) is 1.51. The SMILES string of the molecule is C=Cc1ccccc1S(=O)(=O)Br. The molecule has 0 spiro atoms. The van der Waals surface area contributed by atoms with Crippen molar-refractivity contribution in [3.05, 3.63) is 36.4 Å². The monoisotopic (exact) mass is 246 g/mol. The molecule has 0 aliphatic heterocycles. The van der Waals surface area contributed by atoms with E-state index in [-0.39, 0.29) is 4.90 Å². The number of rotatable bonds is 2. The minimum absolute atomic E-state index is 0.250. The van der Waals surface area contributed by atoms with E-state index >= 15 is 0 Å². The van der Waals surface area contributed by atoms with Crippen LogP contribution in [0.2, 0.25) is 0 Å². The fraction of sp³-hybridized carbons (Fsp3) is 0. The van der Waals surface area contributed by atoms with Gasteiger partial charge in [-0.15, -0.1) is 0 Å². The summed E-state index contributed by atoms with van der Waals surface area (Å²) >= 11 is 2.60. The second kappa shape index (κ2) is 3.41. The molecule has 1 aromatic rings. The summed E-state index contributed by atoms with van der Waals surface area (Å²) in [5.74, 6) is 0. The minimum atomic E-state index is -3.30. The van der Waals surface area contributed by atoms with Crippen LogP contribution in [0.25, 0.3) is 6.08 Å². The molecule has 0 saturated carbocycles. The van der Waals surface area contributed by atoms with E-state index in [1.54, 1.807) is 18.2 Å². The molecule has 0 fully saturated rings. The molecule has 4 heteroatoms. The smallest absolute Gasteiger partial charge is 0.212 e. The maximum absolute atomic E-state index is 11.1. The van der Waals surface area contributed by atoms with Gasteiger partial charge in [0.1, 0.15) is 0 Å². The van der Waals surface area contributed by atoms with Gasteiger partial charge in [-0.3, -0.25) is 0 Å². The summed E-state index contributed by atoms with van der Waals surface area (Å²) in [4.78, 5) is 0.250. The molecule has 0 unspecified atom stereocenters. The Kier molecular flexibility index (Phi) is 2.69. The quantitative estimate of drug-likeness (QED) is 0.752. The van der Waals surface area contributed by atoms with E-state index in [4.69, 9.17) is 0 Å². The molecule has 2 nitrogen and oxygen atoms in total. The number of hydrogen-bond donors (Lipinski definition) is 0. The van der Waals surface area contributed by atoms with Gasteiger partial charge in [-0.1, -0.05) is 30.9 Å². The second-order valence-electron chi connectivity index (χ2n) is 2.18. The Labute approximate surface area is 79.0 Å². The van der Waals surface area contributed by atoms with Crippen molar-refractivity contribution in [3.63, 3.8) is 0 Å². The molecule has 0 heterocycles. The Hall–Kier alpha value is -0.610. The van der Waals surface area contributed by atoms with Crippen LogP contribution in [0.15, 0.2) is 35.7 Å². The molecule has 0 saturated heterocycles. The van der Waals surface area contributed by atoms with E-state index in [0.29, 0.717) is 5.56 Å². The van der Waals surface area contributed by atoms with Crippen molar-refractivity contribution in [1.82, 2.24) is 0 Å². The highest BCUT2D eigenvalue weighted by atomic mass is 79.9. The third-order valence-electron chi connectivity index (χ3n) is 1.40. The third kappa shape index (κ3) is 1.95. The molecule has 1 rings (SSSR count). The van der Waals surface area contributed by atoms with Gasteiger partial charge in [-0.25, -0.2) is 8.42 Å². The lowest BCUT2D eigenvalue weighted by molar-refractivity contribution is 0.611. The van der Waals surface area contributed by atoms with Gasteiger partial charge in [0.15, 0.2) is 0 Å². The first kappa shape index (κ1) is 9.48. The molecular weight excluding hydrogens is 240 g/mol. The maximum atomic E-state index is 11.1. The Morgan fingerprint density at radius 3 is 2.33 bits per heavy atom. The summed E-state index contributed by atoms with van der Waals surface area (Å²) in [5.41, 5.74) is 0.606. The predicted molar refractivity (Wildman–Crippen MR) is 52.6 cm³/mol. The largest absolute Gasteiger partial charge is 0.238 e. The lowest BCUT2D eigenvalue weighted by Crippen LogP contribution is -1.92. The van der Waals surface area contributed by atoms with Gasteiger partial charge in [-0.05, 0) is 11.6 Å². The average molecular weight is 247 g/mol. The highest BCUT2D eigenvalue weighted by Crippen LogP contribution is 2.21.